The molecule has 2 heteroatoms. The van der Waals surface area contributed by atoms with E-state index in [1.807, 2.05) is 32.0 Å². The van der Waals surface area contributed by atoms with Gasteiger partial charge >= 0.3 is 0 Å². The largest absolute Gasteiger partial charge is 0.508 e. The molecule has 2 aromatic rings. The van der Waals surface area contributed by atoms with Gasteiger partial charge in [0, 0.05) is 5.56 Å². The molecular weight excluding hydrogens is 236 g/mol. The number of phenolic OH excluding ortho intramolecular Hbond substituents is 1. The molecule has 0 unspecified atom stereocenters. The first-order valence-electron chi connectivity index (χ1n) is 6.15. The third-order valence-electron chi connectivity index (χ3n) is 2.97. The van der Waals surface area contributed by atoms with Gasteiger partial charge in [0.25, 0.3) is 0 Å². The van der Waals surface area contributed by atoms with Crippen LogP contribution in [0.15, 0.2) is 48.5 Å². The minimum absolute atomic E-state index is 0.00873. The number of benzene rings is 2. The number of rotatable bonds is 3. The zero-order valence-corrected chi connectivity index (χ0v) is 11.1. The summed E-state index contributed by atoms with van der Waals surface area (Å²) >= 11 is 0. The molecule has 0 fully saturated rings. The number of hydrogen-bond donors (Lipinski definition) is 1. The number of aromatic hydroxyl groups is 1. The van der Waals surface area contributed by atoms with Crippen molar-refractivity contribution in [3.8, 4) is 5.75 Å². The molecule has 2 aromatic carbocycles. The summed E-state index contributed by atoms with van der Waals surface area (Å²) in [7, 11) is 0. The van der Waals surface area contributed by atoms with Gasteiger partial charge in [0.05, 0.1) is 0 Å². The van der Waals surface area contributed by atoms with Crippen LogP contribution < -0.4 is 0 Å². The molecule has 0 aliphatic heterocycles. The van der Waals surface area contributed by atoms with Crippen molar-refractivity contribution in [2.24, 2.45) is 0 Å². The Morgan fingerprint density at radius 3 is 2.37 bits per heavy atom. The molecule has 0 aliphatic rings. The fourth-order valence-corrected chi connectivity index (χ4v) is 1.94. The predicted octanol–water partition coefficient (Wildman–Crippen LogP) is 3.91. The Balaban J connectivity index is 2.18. The van der Waals surface area contributed by atoms with Gasteiger partial charge in [0.1, 0.15) is 5.75 Å². The smallest absolute Gasteiger partial charge is 0.186 e. The lowest BCUT2D eigenvalue weighted by molar-refractivity contribution is 0.104. The van der Waals surface area contributed by atoms with Crippen LogP contribution in [0, 0.1) is 13.8 Å². The van der Waals surface area contributed by atoms with Crippen molar-refractivity contribution in [1.29, 1.82) is 0 Å². The zero-order chi connectivity index (χ0) is 13.8. The summed E-state index contributed by atoms with van der Waals surface area (Å²) in [5.74, 6) is 0.212. The maximum atomic E-state index is 12.1. The Morgan fingerprint density at radius 1 is 1.05 bits per heavy atom. The van der Waals surface area contributed by atoms with E-state index >= 15 is 0 Å². The fourth-order valence-electron chi connectivity index (χ4n) is 1.94. The van der Waals surface area contributed by atoms with Crippen LogP contribution in [-0.2, 0) is 0 Å². The van der Waals surface area contributed by atoms with E-state index in [-0.39, 0.29) is 11.5 Å². The van der Waals surface area contributed by atoms with Crippen molar-refractivity contribution in [2.45, 2.75) is 13.8 Å². The monoisotopic (exact) mass is 252 g/mol. The first-order chi connectivity index (χ1) is 9.06. The SMILES string of the molecule is Cc1ccc(C(=O)/C=C/c2ccc(O)cc2)c(C)c1. The van der Waals surface area contributed by atoms with E-state index in [4.69, 9.17) is 0 Å². The molecule has 19 heavy (non-hydrogen) atoms. The van der Waals surface area contributed by atoms with Crippen molar-refractivity contribution < 1.29 is 9.90 Å². The van der Waals surface area contributed by atoms with Gasteiger partial charge in [-0.3, -0.25) is 4.79 Å². The topological polar surface area (TPSA) is 37.3 Å². The highest BCUT2D eigenvalue weighted by Gasteiger charge is 2.05. The zero-order valence-electron chi connectivity index (χ0n) is 11.1. The van der Waals surface area contributed by atoms with Crippen molar-refractivity contribution >= 4 is 11.9 Å². The first-order valence-corrected chi connectivity index (χ1v) is 6.15. The van der Waals surface area contributed by atoms with E-state index in [2.05, 4.69) is 0 Å². The number of hydrogen-bond acceptors (Lipinski definition) is 2. The van der Waals surface area contributed by atoms with Crippen LogP contribution in [0.1, 0.15) is 27.0 Å². The second kappa shape index (κ2) is 5.53. The van der Waals surface area contributed by atoms with Crippen LogP contribution in [-0.4, -0.2) is 10.9 Å². The molecule has 0 aromatic heterocycles. The highest BCUT2D eigenvalue weighted by atomic mass is 16.3. The van der Waals surface area contributed by atoms with Gasteiger partial charge in [-0.2, -0.15) is 0 Å². The van der Waals surface area contributed by atoms with Gasteiger partial charge in [-0.1, -0.05) is 42.0 Å². The van der Waals surface area contributed by atoms with E-state index in [9.17, 15) is 9.90 Å². The van der Waals surface area contributed by atoms with Crippen LogP contribution in [0.4, 0.5) is 0 Å². The van der Waals surface area contributed by atoms with Crippen molar-refractivity contribution in [3.63, 3.8) is 0 Å². The molecule has 0 atom stereocenters. The van der Waals surface area contributed by atoms with Crippen LogP contribution in [0.3, 0.4) is 0 Å². The molecule has 0 saturated carbocycles. The van der Waals surface area contributed by atoms with Gasteiger partial charge < -0.3 is 5.11 Å². The summed E-state index contributed by atoms with van der Waals surface area (Å²) in [5.41, 5.74) is 3.74. The number of carbonyl (C=O) groups excluding carboxylic acids is 1. The van der Waals surface area contributed by atoms with Gasteiger partial charge in [-0.15, -0.1) is 0 Å². The second-order valence-corrected chi connectivity index (χ2v) is 4.61. The lowest BCUT2D eigenvalue weighted by atomic mass is 10.0. The molecule has 1 N–H and O–H groups in total. The Labute approximate surface area is 113 Å². The quantitative estimate of drug-likeness (QED) is 0.664. The Hall–Kier alpha value is -2.35. The highest BCUT2D eigenvalue weighted by molar-refractivity contribution is 6.07. The number of ketones is 1. The Kier molecular flexibility index (Phi) is 3.81. The van der Waals surface area contributed by atoms with E-state index in [0.29, 0.717) is 0 Å². The normalized spacial score (nSPS) is 10.8. The van der Waals surface area contributed by atoms with E-state index in [0.717, 1.165) is 22.3 Å². The highest BCUT2D eigenvalue weighted by Crippen LogP contribution is 2.14. The maximum Gasteiger partial charge on any atom is 0.186 e. The fraction of sp³-hybridized carbons (Fsp3) is 0.118. The number of phenols is 1. The standard InChI is InChI=1S/C17H16O2/c1-12-3-9-16(13(2)11-12)17(19)10-6-14-4-7-15(18)8-5-14/h3-11,18H,1-2H3/b10-6+. The summed E-state index contributed by atoms with van der Waals surface area (Å²) in [6, 6.07) is 12.5. The average Bonchev–Trinajstić information content (AvgIpc) is 2.37. The number of carbonyl (C=O) groups is 1. The van der Waals surface area contributed by atoms with Crippen LogP contribution in [0.25, 0.3) is 6.08 Å². The molecule has 0 heterocycles. The molecule has 0 aliphatic carbocycles. The lowest BCUT2D eigenvalue weighted by Crippen LogP contribution is -1.97. The molecule has 2 nitrogen and oxygen atoms in total. The van der Waals surface area contributed by atoms with E-state index in [1.54, 1.807) is 36.4 Å². The Bertz CT molecular complexity index is 622. The first kappa shape index (κ1) is 13.1. The molecule has 0 saturated heterocycles. The van der Waals surface area contributed by atoms with Crippen LogP contribution in [0.2, 0.25) is 0 Å². The average molecular weight is 252 g/mol. The Morgan fingerprint density at radius 2 is 1.74 bits per heavy atom. The van der Waals surface area contributed by atoms with Crippen molar-refractivity contribution in [2.75, 3.05) is 0 Å². The summed E-state index contributed by atoms with van der Waals surface area (Å²) < 4.78 is 0. The molecule has 0 radical (unpaired) electrons. The molecule has 0 spiro atoms. The maximum absolute atomic E-state index is 12.1. The summed E-state index contributed by atoms with van der Waals surface area (Å²) in [6.07, 6.45) is 3.31. The molecule has 2 rings (SSSR count). The van der Waals surface area contributed by atoms with Gasteiger partial charge in [-0.05, 0) is 43.2 Å². The molecule has 0 amide bonds. The second-order valence-electron chi connectivity index (χ2n) is 4.61. The third kappa shape index (κ3) is 3.32. The van der Waals surface area contributed by atoms with E-state index in [1.165, 1.54) is 0 Å². The summed E-state index contributed by atoms with van der Waals surface area (Å²) in [4.78, 5) is 12.1. The van der Waals surface area contributed by atoms with Crippen LogP contribution >= 0.6 is 0 Å². The van der Waals surface area contributed by atoms with Crippen LogP contribution in [0.5, 0.6) is 5.75 Å². The van der Waals surface area contributed by atoms with E-state index < -0.39 is 0 Å². The predicted molar refractivity (Wildman–Crippen MR) is 77.4 cm³/mol. The summed E-state index contributed by atoms with van der Waals surface area (Å²) in [6.45, 7) is 3.95. The van der Waals surface area contributed by atoms with Gasteiger partial charge in [0.15, 0.2) is 5.78 Å². The number of allylic oxidation sites excluding steroid dienone is 1. The minimum atomic E-state index is -0.00873. The van der Waals surface area contributed by atoms with Crippen molar-refractivity contribution in [3.05, 3.63) is 70.8 Å². The minimum Gasteiger partial charge on any atom is -0.508 e. The third-order valence-corrected chi connectivity index (χ3v) is 2.97. The molecule has 96 valence electrons. The van der Waals surface area contributed by atoms with Gasteiger partial charge in [0.2, 0.25) is 0 Å². The molecule has 0 bridgehead atoms. The number of aryl methyl sites for hydroxylation is 2. The van der Waals surface area contributed by atoms with Gasteiger partial charge in [-0.25, -0.2) is 0 Å². The summed E-state index contributed by atoms with van der Waals surface area (Å²) in [5, 5.41) is 9.18. The molecular formula is C17H16O2. The van der Waals surface area contributed by atoms with Crippen molar-refractivity contribution in [1.82, 2.24) is 0 Å². The lowest BCUT2D eigenvalue weighted by Gasteiger charge is -2.02.